The van der Waals surface area contributed by atoms with Gasteiger partial charge >= 0.3 is 5.97 Å². The fourth-order valence-electron chi connectivity index (χ4n) is 3.81. The lowest BCUT2D eigenvalue weighted by Crippen LogP contribution is -2.32. The van der Waals surface area contributed by atoms with Crippen LogP contribution in [0.4, 0.5) is 5.69 Å². The summed E-state index contributed by atoms with van der Waals surface area (Å²) in [6.45, 7) is 2.72. The number of ether oxygens (including phenoxy) is 3. The Hall–Kier alpha value is -4.33. The van der Waals surface area contributed by atoms with Gasteiger partial charge in [0.1, 0.15) is 19.0 Å². The third-order valence-corrected chi connectivity index (χ3v) is 5.51. The second-order valence-corrected chi connectivity index (χ2v) is 7.80. The molecule has 172 valence electrons. The molecule has 1 amide bonds. The van der Waals surface area contributed by atoms with Crippen LogP contribution in [0.3, 0.4) is 0 Å². The van der Waals surface area contributed by atoms with Crippen LogP contribution in [-0.2, 0) is 9.53 Å². The number of carbonyl (C=O) groups excluding carboxylic acids is 2. The van der Waals surface area contributed by atoms with E-state index < -0.39 is 18.0 Å². The number of imidazole rings is 1. The van der Waals surface area contributed by atoms with Crippen molar-refractivity contribution in [2.24, 2.45) is 0 Å². The summed E-state index contributed by atoms with van der Waals surface area (Å²) in [6, 6.07) is 19.8. The van der Waals surface area contributed by atoms with Crippen LogP contribution in [0, 0.1) is 0 Å². The zero-order chi connectivity index (χ0) is 23.5. The summed E-state index contributed by atoms with van der Waals surface area (Å²) in [5, 5.41) is 2.79. The average molecular weight is 457 g/mol. The zero-order valence-corrected chi connectivity index (χ0v) is 18.5. The molecule has 4 aromatic rings. The molecule has 0 bridgehead atoms. The first-order valence-electron chi connectivity index (χ1n) is 11.1. The van der Waals surface area contributed by atoms with Gasteiger partial charge in [-0.2, -0.15) is 0 Å². The molecule has 0 radical (unpaired) electrons. The van der Waals surface area contributed by atoms with Crippen LogP contribution in [-0.4, -0.2) is 41.2 Å². The number of hydrogen-bond acceptors (Lipinski definition) is 6. The number of carbonyl (C=O) groups is 2. The lowest BCUT2D eigenvalue weighted by Gasteiger charge is -2.20. The van der Waals surface area contributed by atoms with E-state index in [0.717, 1.165) is 11.0 Å². The molecule has 2 N–H and O–H groups in total. The molecule has 1 aliphatic rings. The average Bonchev–Trinajstić information content (AvgIpc) is 3.31. The molecule has 34 heavy (non-hydrogen) atoms. The van der Waals surface area contributed by atoms with Crippen LogP contribution in [0.15, 0.2) is 66.7 Å². The second-order valence-electron chi connectivity index (χ2n) is 7.80. The van der Waals surface area contributed by atoms with Gasteiger partial charge in [-0.3, -0.25) is 4.79 Å². The van der Waals surface area contributed by atoms with E-state index in [1.54, 1.807) is 43.3 Å². The van der Waals surface area contributed by atoms with Crippen molar-refractivity contribution < 1.29 is 23.8 Å². The number of esters is 1. The fourth-order valence-corrected chi connectivity index (χ4v) is 3.81. The smallest absolute Gasteiger partial charge is 0.339 e. The van der Waals surface area contributed by atoms with E-state index in [-0.39, 0.29) is 0 Å². The maximum atomic E-state index is 13.1. The van der Waals surface area contributed by atoms with E-state index in [1.165, 1.54) is 0 Å². The number of nitrogens with one attached hydrogen (secondary N) is 2. The Morgan fingerprint density at radius 3 is 2.62 bits per heavy atom. The highest BCUT2D eigenvalue weighted by Crippen LogP contribution is 2.32. The molecule has 3 aromatic carbocycles. The van der Waals surface area contributed by atoms with E-state index >= 15 is 0 Å². The Bertz CT molecular complexity index is 1330. The van der Waals surface area contributed by atoms with Gasteiger partial charge in [0.15, 0.2) is 17.6 Å². The monoisotopic (exact) mass is 457 g/mol. The Kier molecular flexibility index (Phi) is 5.86. The van der Waals surface area contributed by atoms with Crippen LogP contribution in [0.5, 0.6) is 11.5 Å². The molecule has 0 spiro atoms. The van der Waals surface area contributed by atoms with E-state index in [0.29, 0.717) is 53.8 Å². The summed E-state index contributed by atoms with van der Waals surface area (Å²) in [5.74, 6) is 0.732. The number of anilines is 1. The summed E-state index contributed by atoms with van der Waals surface area (Å²) >= 11 is 0. The summed E-state index contributed by atoms with van der Waals surface area (Å²) in [7, 11) is 0. The topological polar surface area (TPSA) is 103 Å². The van der Waals surface area contributed by atoms with Crippen LogP contribution in [0.1, 0.15) is 23.7 Å². The third kappa shape index (κ3) is 4.30. The highest BCUT2D eigenvalue weighted by atomic mass is 16.6. The van der Waals surface area contributed by atoms with Crippen molar-refractivity contribution in [3.63, 3.8) is 0 Å². The van der Waals surface area contributed by atoms with Crippen molar-refractivity contribution in [1.29, 1.82) is 0 Å². The minimum atomic E-state index is -0.968. The molecule has 1 atom stereocenters. The summed E-state index contributed by atoms with van der Waals surface area (Å²) in [4.78, 5) is 33.8. The first-order chi connectivity index (χ1) is 16.6. The number of H-pyrrole nitrogens is 1. The maximum absolute atomic E-state index is 13.1. The molecule has 0 aliphatic carbocycles. The molecule has 8 heteroatoms. The number of hydrogen-bond donors (Lipinski definition) is 2. The predicted octanol–water partition coefficient (Wildman–Crippen LogP) is 4.58. The van der Waals surface area contributed by atoms with E-state index in [2.05, 4.69) is 15.3 Å². The second kappa shape index (κ2) is 9.27. The van der Waals surface area contributed by atoms with Gasteiger partial charge in [0.2, 0.25) is 0 Å². The Morgan fingerprint density at radius 1 is 1.03 bits per heavy atom. The standard InChI is InChI=1S/C26H23N3O5/c1-2-21(25(30)27-16-11-12-22-23(15-16)33-14-13-32-22)34-26(31)18-8-4-3-7-17(18)24-28-19-9-5-6-10-20(19)29-24/h3-12,15,21H,2,13-14H2,1H3,(H,27,30)(H,28,29). The molecule has 0 saturated carbocycles. The van der Waals surface area contributed by atoms with E-state index in [1.807, 2.05) is 30.3 Å². The van der Waals surface area contributed by atoms with Crippen molar-refractivity contribution in [1.82, 2.24) is 9.97 Å². The summed E-state index contributed by atoms with van der Waals surface area (Å²) in [6.07, 6.45) is -0.654. The molecule has 0 saturated heterocycles. The molecule has 1 aliphatic heterocycles. The number of para-hydroxylation sites is 2. The minimum absolute atomic E-state index is 0.314. The quantitative estimate of drug-likeness (QED) is 0.411. The lowest BCUT2D eigenvalue weighted by atomic mass is 10.1. The molecule has 0 fully saturated rings. The number of rotatable bonds is 6. The first-order valence-corrected chi connectivity index (χ1v) is 11.1. The van der Waals surface area contributed by atoms with Gasteiger partial charge in [-0.15, -0.1) is 0 Å². The molecule has 5 rings (SSSR count). The first kappa shape index (κ1) is 21.5. The van der Waals surface area contributed by atoms with Crippen molar-refractivity contribution in [3.8, 4) is 22.9 Å². The normalized spacial score (nSPS) is 13.3. The van der Waals surface area contributed by atoms with Crippen molar-refractivity contribution in [3.05, 3.63) is 72.3 Å². The largest absolute Gasteiger partial charge is 0.486 e. The predicted molar refractivity (Wildman–Crippen MR) is 127 cm³/mol. The lowest BCUT2D eigenvalue weighted by molar-refractivity contribution is -0.124. The van der Waals surface area contributed by atoms with Crippen LogP contribution in [0.25, 0.3) is 22.4 Å². The van der Waals surface area contributed by atoms with Gasteiger partial charge in [-0.1, -0.05) is 37.3 Å². The maximum Gasteiger partial charge on any atom is 0.339 e. The van der Waals surface area contributed by atoms with E-state index in [9.17, 15) is 9.59 Å². The minimum Gasteiger partial charge on any atom is -0.486 e. The third-order valence-electron chi connectivity index (χ3n) is 5.51. The Balaban J connectivity index is 1.33. The number of amides is 1. The highest BCUT2D eigenvalue weighted by molar-refractivity contribution is 6.00. The highest BCUT2D eigenvalue weighted by Gasteiger charge is 2.25. The number of aromatic amines is 1. The van der Waals surface area contributed by atoms with Gasteiger partial charge in [-0.25, -0.2) is 9.78 Å². The number of benzene rings is 3. The van der Waals surface area contributed by atoms with Crippen molar-refractivity contribution in [2.45, 2.75) is 19.4 Å². The van der Waals surface area contributed by atoms with Gasteiger partial charge in [0, 0.05) is 17.3 Å². The van der Waals surface area contributed by atoms with E-state index in [4.69, 9.17) is 14.2 Å². The van der Waals surface area contributed by atoms with Crippen LogP contribution >= 0.6 is 0 Å². The zero-order valence-electron chi connectivity index (χ0n) is 18.5. The van der Waals surface area contributed by atoms with Crippen molar-refractivity contribution in [2.75, 3.05) is 18.5 Å². The fraction of sp³-hybridized carbons (Fsp3) is 0.192. The van der Waals surface area contributed by atoms with Crippen molar-refractivity contribution >= 4 is 28.6 Å². The Labute approximate surface area is 195 Å². The van der Waals surface area contributed by atoms with Gasteiger partial charge < -0.3 is 24.5 Å². The molecule has 8 nitrogen and oxygen atoms in total. The van der Waals surface area contributed by atoms with Gasteiger partial charge in [0.25, 0.3) is 5.91 Å². The summed E-state index contributed by atoms with van der Waals surface area (Å²) in [5.41, 5.74) is 3.13. The van der Waals surface area contributed by atoms with Crippen LogP contribution in [0.2, 0.25) is 0 Å². The molecule has 1 aromatic heterocycles. The molecule has 2 heterocycles. The van der Waals surface area contributed by atoms with Gasteiger partial charge in [0.05, 0.1) is 16.6 Å². The number of nitrogens with zero attached hydrogens (tertiary/aromatic N) is 1. The SMILES string of the molecule is CCC(OC(=O)c1ccccc1-c1nc2ccccc2[nH]1)C(=O)Nc1ccc2c(c1)OCCO2. The molecule has 1 unspecified atom stereocenters. The Morgan fingerprint density at radius 2 is 1.79 bits per heavy atom. The molecular formula is C26H23N3O5. The number of fused-ring (bicyclic) bond motifs is 2. The van der Waals surface area contributed by atoms with Crippen LogP contribution < -0.4 is 14.8 Å². The molecular weight excluding hydrogens is 434 g/mol. The number of aromatic nitrogens is 2. The summed E-state index contributed by atoms with van der Waals surface area (Å²) < 4.78 is 16.7. The van der Waals surface area contributed by atoms with Gasteiger partial charge in [-0.05, 0) is 36.8 Å².